The summed E-state index contributed by atoms with van der Waals surface area (Å²) < 4.78 is 58.1. The molecule has 0 bridgehead atoms. The molecular formula is C23H24F4N4O5. The molecule has 1 fully saturated rings. The summed E-state index contributed by atoms with van der Waals surface area (Å²) in [5.74, 6) is -1.37. The van der Waals surface area contributed by atoms with E-state index in [2.05, 4.69) is 9.97 Å². The SMILES string of the molecule is CC(C)(C)OC(=O)N1C[C@H](F)C[C@H]1N(C=O)Cc1cc(-c2ccc(C(F)(F)F)nc2)c(C(=O)O)cn1. The summed E-state index contributed by atoms with van der Waals surface area (Å²) in [4.78, 5) is 45.8. The van der Waals surface area contributed by atoms with Crippen molar-refractivity contribution in [1.82, 2.24) is 19.8 Å². The second-order valence-corrected chi connectivity index (χ2v) is 9.18. The molecule has 1 aliphatic rings. The number of nitrogens with zero attached hydrogens (tertiary/aromatic N) is 4. The number of aromatic carboxylic acids is 1. The normalized spacial score (nSPS) is 18.1. The standard InChI is InChI=1S/C23H24F4N4O5/c1-22(2,3)36-21(35)31-10-14(24)6-19(31)30(12-32)11-15-7-16(17(9-28-15)20(33)34)13-4-5-18(29-8-13)23(25,26)27/h4-5,7-9,12,14,19H,6,10-11H2,1-3H3,(H,33,34)/t14-,19+/m1/s1. The highest BCUT2D eigenvalue weighted by Gasteiger charge is 2.41. The van der Waals surface area contributed by atoms with Crippen LogP contribution in [0.2, 0.25) is 0 Å². The van der Waals surface area contributed by atoms with Gasteiger partial charge in [-0.1, -0.05) is 6.07 Å². The molecule has 2 aromatic rings. The quantitative estimate of drug-likeness (QED) is 0.458. The van der Waals surface area contributed by atoms with Gasteiger partial charge in [0.05, 0.1) is 24.3 Å². The van der Waals surface area contributed by atoms with E-state index in [0.717, 1.165) is 34.3 Å². The Morgan fingerprint density at radius 2 is 1.92 bits per heavy atom. The van der Waals surface area contributed by atoms with Crippen molar-refractivity contribution < 1.29 is 41.8 Å². The zero-order valence-corrected chi connectivity index (χ0v) is 19.6. The molecule has 194 valence electrons. The lowest BCUT2D eigenvalue weighted by Crippen LogP contribution is -2.48. The average Bonchev–Trinajstić information content (AvgIpc) is 3.17. The molecule has 1 saturated heterocycles. The molecule has 0 spiro atoms. The predicted molar refractivity (Wildman–Crippen MR) is 117 cm³/mol. The number of carboxylic acid groups (broad SMARTS) is 1. The largest absolute Gasteiger partial charge is 0.478 e. The van der Waals surface area contributed by atoms with Crippen molar-refractivity contribution in [2.24, 2.45) is 0 Å². The highest BCUT2D eigenvalue weighted by molar-refractivity contribution is 5.95. The highest BCUT2D eigenvalue weighted by atomic mass is 19.4. The van der Waals surface area contributed by atoms with Gasteiger partial charge < -0.3 is 14.7 Å². The lowest BCUT2D eigenvalue weighted by atomic mass is 10.0. The van der Waals surface area contributed by atoms with Crippen molar-refractivity contribution in [1.29, 1.82) is 0 Å². The molecule has 0 aliphatic carbocycles. The zero-order chi connectivity index (χ0) is 26.8. The summed E-state index contributed by atoms with van der Waals surface area (Å²) >= 11 is 0. The van der Waals surface area contributed by atoms with Gasteiger partial charge in [0.15, 0.2) is 0 Å². The lowest BCUT2D eigenvalue weighted by molar-refractivity contribution is -0.141. The summed E-state index contributed by atoms with van der Waals surface area (Å²) in [5.41, 5.74) is -2.01. The van der Waals surface area contributed by atoms with Crippen LogP contribution in [0, 0.1) is 0 Å². The smallest absolute Gasteiger partial charge is 0.433 e. The maximum atomic E-state index is 14.2. The monoisotopic (exact) mass is 512 g/mol. The maximum absolute atomic E-state index is 14.2. The van der Waals surface area contributed by atoms with Gasteiger partial charge in [-0.05, 0) is 32.9 Å². The minimum atomic E-state index is -4.67. The maximum Gasteiger partial charge on any atom is 0.433 e. The first-order valence-electron chi connectivity index (χ1n) is 10.8. The molecule has 3 heterocycles. The highest BCUT2D eigenvalue weighted by Crippen LogP contribution is 2.31. The van der Waals surface area contributed by atoms with Crippen LogP contribution >= 0.6 is 0 Å². The number of amides is 2. The number of ether oxygens (including phenoxy) is 1. The van der Waals surface area contributed by atoms with Crippen molar-refractivity contribution in [3.63, 3.8) is 0 Å². The first kappa shape index (κ1) is 26.8. The molecule has 2 amide bonds. The van der Waals surface area contributed by atoms with E-state index < -0.39 is 41.9 Å². The number of hydrogen-bond donors (Lipinski definition) is 1. The molecule has 2 aromatic heterocycles. The number of aromatic nitrogens is 2. The minimum Gasteiger partial charge on any atom is -0.478 e. The molecule has 1 aliphatic heterocycles. The zero-order valence-electron chi connectivity index (χ0n) is 19.6. The van der Waals surface area contributed by atoms with E-state index in [0.29, 0.717) is 6.41 Å². The molecule has 0 unspecified atom stereocenters. The van der Waals surface area contributed by atoms with Crippen LogP contribution in [0.15, 0.2) is 30.6 Å². The molecule has 9 nitrogen and oxygen atoms in total. The third kappa shape index (κ3) is 6.26. The number of carbonyl (C=O) groups is 3. The van der Waals surface area contributed by atoms with E-state index in [9.17, 15) is 37.1 Å². The van der Waals surface area contributed by atoms with Crippen LogP contribution in [0.4, 0.5) is 22.4 Å². The van der Waals surface area contributed by atoms with E-state index in [1.807, 2.05) is 0 Å². The van der Waals surface area contributed by atoms with Crippen molar-refractivity contribution in [3.05, 3.63) is 47.5 Å². The van der Waals surface area contributed by atoms with E-state index in [-0.39, 0.29) is 41.9 Å². The molecular weight excluding hydrogens is 488 g/mol. The van der Waals surface area contributed by atoms with Gasteiger partial charge in [0.25, 0.3) is 0 Å². The Morgan fingerprint density at radius 1 is 1.22 bits per heavy atom. The molecule has 0 radical (unpaired) electrons. The van der Waals surface area contributed by atoms with Gasteiger partial charge in [0.1, 0.15) is 23.6 Å². The molecule has 2 atom stereocenters. The van der Waals surface area contributed by atoms with Gasteiger partial charge >= 0.3 is 18.2 Å². The Hall–Kier alpha value is -3.77. The van der Waals surface area contributed by atoms with E-state index in [1.165, 1.54) is 6.07 Å². The van der Waals surface area contributed by atoms with Gasteiger partial charge in [-0.2, -0.15) is 13.2 Å². The van der Waals surface area contributed by atoms with Gasteiger partial charge in [0, 0.05) is 29.9 Å². The van der Waals surface area contributed by atoms with E-state index in [1.54, 1.807) is 20.8 Å². The number of alkyl halides is 4. The van der Waals surface area contributed by atoms with Crippen LogP contribution in [0.5, 0.6) is 0 Å². The molecule has 0 aromatic carbocycles. The van der Waals surface area contributed by atoms with Crippen molar-refractivity contribution in [3.8, 4) is 11.1 Å². The summed E-state index contributed by atoms with van der Waals surface area (Å²) in [6.07, 6.45) is -5.71. The van der Waals surface area contributed by atoms with Crippen LogP contribution in [-0.2, 0) is 22.3 Å². The first-order valence-corrected chi connectivity index (χ1v) is 10.8. The van der Waals surface area contributed by atoms with Gasteiger partial charge in [0.2, 0.25) is 6.41 Å². The first-order chi connectivity index (χ1) is 16.7. The summed E-state index contributed by atoms with van der Waals surface area (Å²) in [5, 5.41) is 9.51. The predicted octanol–water partition coefficient (Wildman–Crippen LogP) is 4.12. The van der Waals surface area contributed by atoms with E-state index in [4.69, 9.17) is 4.74 Å². The van der Waals surface area contributed by atoms with Crippen molar-refractivity contribution >= 4 is 18.5 Å². The van der Waals surface area contributed by atoms with Crippen LogP contribution in [-0.4, -0.2) is 67.8 Å². The van der Waals surface area contributed by atoms with Crippen molar-refractivity contribution in [2.45, 2.75) is 57.9 Å². The number of hydrogen-bond acceptors (Lipinski definition) is 6. The summed E-state index contributed by atoms with van der Waals surface area (Å²) in [6.45, 7) is 4.42. The number of pyridine rings is 2. The number of rotatable bonds is 6. The average molecular weight is 512 g/mol. The van der Waals surface area contributed by atoms with Gasteiger partial charge in [-0.25, -0.2) is 14.0 Å². The second kappa shape index (κ2) is 10.1. The van der Waals surface area contributed by atoms with Crippen LogP contribution in [0.25, 0.3) is 11.1 Å². The summed E-state index contributed by atoms with van der Waals surface area (Å²) in [7, 11) is 0. The van der Waals surface area contributed by atoms with Crippen LogP contribution in [0.1, 0.15) is 48.9 Å². The third-order valence-electron chi connectivity index (χ3n) is 5.27. The fraction of sp³-hybridized carbons (Fsp3) is 0.435. The molecule has 13 heteroatoms. The Balaban J connectivity index is 1.91. The second-order valence-electron chi connectivity index (χ2n) is 9.18. The fourth-order valence-corrected chi connectivity index (χ4v) is 3.71. The Bertz CT molecular complexity index is 1130. The third-order valence-corrected chi connectivity index (χ3v) is 5.27. The number of carboxylic acids is 1. The lowest BCUT2D eigenvalue weighted by Gasteiger charge is -2.33. The van der Waals surface area contributed by atoms with Crippen LogP contribution in [0.3, 0.4) is 0 Å². The van der Waals surface area contributed by atoms with Crippen molar-refractivity contribution in [2.75, 3.05) is 6.54 Å². The molecule has 0 saturated carbocycles. The number of halogens is 4. The Labute approximate surface area is 203 Å². The number of carbonyl (C=O) groups excluding carboxylic acids is 2. The van der Waals surface area contributed by atoms with Crippen LogP contribution < -0.4 is 0 Å². The van der Waals surface area contributed by atoms with Gasteiger partial charge in [-0.15, -0.1) is 0 Å². The molecule has 1 N–H and O–H groups in total. The Kier molecular flexibility index (Phi) is 7.51. The summed E-state index contributed by atoms with van der Waals surface area (Å²) in [6, 6.07) is 3.09. The fourth-order valence-electron chi connectivity index (χ4n) is 3.71. The molecule has 3 rings (SSSR count). The van der Waals surface area contributed by atoms with E-state index >= 15 is 0 Å². The minimum absolute atomic E-state index is 0.0263. The van der Waals surface area contributed by atoms with Gasteiger partial charge in [-0.3, -0.25) is 19.7 Å². The number of likely N-dealkylation sites (tertiary alicyclic amines) is 1. The molecule has 36 heavy (non-hydrogen) atoms. The topological polar surface area (TPSA) is 113 Å². The Morgan fingerprint density at radius 3 is 2.44 bits per heavy atom.